The van der Waals surface area contributed by atoms with E-state index in [9.17, 15) is 39.7 Å². The molecule has 17 nitrogen and oxygen atoms in total. The molecule has 0 unspecified atom stereocenters. The van der Waals surface area contributed by atoms with Gasteiger partial charge in [0, 0.05) is 44.4 Å². The molecule has 0 spiro atoms. The van der Waals surface area contributed by atoms with Gasteiger partial charge in [0.1, 0.15) is 0 Å². The third kappa shape index (κ3) is 6.59. The van der Waals surface area contributed by atoms with Gasteiger partial charge in [0.15, 0.2) is 30.2 Å². The Morgan fingerprint density at radius 3 is 2.12 bits per heavy atom. The number of fused-ring (bicyclic) bond motifs is 1. The normalized spacial score (nSPS) is 20.1. The van der Waals surface area contributed by atoms with Crippen molar-refractivity contribution in [2.24, 2.45) is 10.2 Å². The molecule has 226 valence electrons. The first kappa shape index (κ1) is 31.0. The lowest BCUT2D eigenvalue weighted by Gasteiger charge is -2.41. The second-order valence-corrected chi connectivity index (χ2v) is 9.97. The molecule has 1 saturated heterocycles. The smallest absolute Gasteiger partial charge is 0.303 e. The van der Waals surface area contributed by atoms with E-state index in [1.54, 1.807) is 0 Å². The maximum atomic E-state index is 12.1. The number of hydrogen-bond acceptors (Lipinski definition) is 14. The zero-order valence-electron chi connectivity index (χ0n) is 22.5. The molecule has 18 heteroatoms. The van der Waals surface area contributed by atoms with E-state index in [2.05, 4.69) is 26.2 Å². The highest BCUT2D eigenvalue weighted by atomic mass is 79.9. The summed E-state index contributed by atoms with van der Waals surface area (Å²) in [6.45, 7) is 2.87. The van der Waals surface area contributed by atoms with Gasteiger partial charge in [-0.15, -0.1) is 5.11 Å². The van der Waals surface area contributed by atoms with E-state index in [1.165, 1.54) is 30.3 Å². The Hall–Kier alpha value is -4.97. The first-order chi connectivity index (χ1) is 20.3. The lowest BCUT2D eigenvalue weighted by Crippen LogP contribution is -2.55. The standard InChI is InChI=1S/C25H22BrN5O12/c1-11(32)41-20-10-40-25(23(43-13(3)34)22(20)42-12(2)33)29-18-9-19(31(38)39)17(26)8-16(18)21(24(29)35)28-27-14-4-6-15(7-5-14)30(36)37/h4-9,20,22-23,25,35H,10H2,1-3H3/t20-,22+,23-,25+/m1/s1. The van der Waals surface area contributed by atoms with Crippen molar-refractivity contribution >= 4 is 67.5 Å². The van der Waals surface area contributed by atoms with Crippen molar-refractivity contribution in [1.82, 2.24) is 4.57 Å². The van der Waals surface area contributed by atoms with Gasteiger partial charge in [-0.2, -0.15) is 5.11 Å². The summed E-state index contributed by atoms with van der Waals surface area (Å²) >= 11 is 3.14. The summed E-state index contributed by atoms with van der Waals surface area (Å²) in [6, 6.07) is 7.45. The molecule has 4 rings (SSSR count). The van der Waals surface area contributed by atoms with E-state index in [-0.39, 0.29) is 32.4 Å². The molecule has 1 aliphatic rings. The second kappa shape index (κ2) is 12.5. The number of aromatic nitrogens is 1. The van der Waals surface area contributed by atoms with Crippen LogP contribution in [0.1, 0.15) is 27.0 Å². The molecule has 0 aliphatic carbocycles. The van der Waals surface area contributed by atoms with Crippen molar-refractivity contribution in [2.45, 2.75) is 45.3 Å². The Bertz CT molecular complexity index is 1650. The first-order valence-electron chi connectivity index (χ1n) is 12.3. The summed E-state index contributed by atoms with van der Waals surface area (Å²) in [6.07, 6.45) is -5.62. The minimum absolute atomic E-state index is 0.0142. The van der Waals surface area contributed by atoms with E-state index in [1.807, 2.05) is 0 Å². The summed E-state index contributed by atoms with van der Waals surface area (Å²) in [5.74, 6) is -3.03. The predicted molar refractivity (Wildman–Crippen MR) is 147 cm³/mol. The van der Waals surface area contributed by atoms with Crippen LogP contribution < -0.4 is 0 Å². The van der Waals surface area contributed by atoms with Gasteiger partial charge in [0.2, 0.25) is 5.88 Å². The number of carbonyl (C=O) groups excluding carboxylic acids is 3. The molecule has 2 heterocycles. The summed E-state index contributed by atoms with van der Waals surface area (Å²) < 4.78 is 23.0. The van der Waals surface area contributed by atoms with Crippen LogP contribution in [0.3, 0.4) is 0 Å². The van der Waals surface area contributed by atoms with Crippen LogP contribution in [-0.4, -0.2) is 62.3 Å². The van der Waals surface area contributed by atoms with Crippen LogP contribution in [-0.2, 0) is 33.3 Å². The van der Waals surface area contributed by atoms with Crippen LogP contribution in [0.2, 0.25) is 0 Å². The number of non-ortho nitro benzene ring substituents is 1. The van der Waals surface area contributed by atoms with Crippen LogP contribution in [0.25, 0.3) is 10.9 Å². The summed E-state index contributed by atoms with van der Waals surface area (Å²) in [4.78, 5) is 57.3. The molecular weight excluding hydrogens is 642 g/mol. The summed E-state index contributed by atoms with van der Waals surface area (Å²) in [5.41, 5.74) is -0.619. The average Bonchev–Trinajstić information content (AvgIpc) is 3.18. The average molecular weight is 664 g/mol. The van der Waals surface area contributed by atoms with E-state index in [0.29, 0.717) is 0 Å². The van der Waals surface area contributed by atoms with Gasteiger partial charge in [0.25, 0.3) is 11.4 Å². The third-order valence-electron chi connectivity index (χ3n) is 6.12. The zero-order valence-corrected chi connectivity index (χ0v) is 24.1. The topological polar surface area (TPSA) is 224 Å². The Kier molecular flexibility index (Phi) is 9.00. The fraction of sp³-hybridized carbons (Fsp3) is 0.320. The van der Waals surface area contributed by atoms with E-state index in [0.717, 1.165) is 31.4 Å². The molecule has 0 amide bonds. The number of nitro benzene ring substituents is 2. The number of aromatic hydroxyl groups is 1. The number of esters is 3. The molecule has 1 N–H and O–H groups in total. The molecule has 1 aliphatic heterocycles. The number of nitrogens with zero attached hydrogens (tertiary/aromatic N) is 5. The van der Waals surface area contributed by atoms with Gasteiger partial charge in [-0.3, -0.25) is 39.2 Å². The minimum atomic E-state index is -1.52. The fourth-order valence-corrected chi connectivity index (χ4v) is 4.97. The highest BCUT2D eigenvalue weighted by molar-refractivity contribution is 9.10. The Morgan fingerprint density at radius 1 is 0.953 bits per heavy atom. The molecule has 1 aromatic heterocycles. The molecule has 0 saturated carbocycles. The van der Waals surface area contributed by atoms with Crippen molar-refractivity contribution in [3.05, 3.63) is 61.1 Å². The molecule has 43 heavy (non-hydrogen) atoms. The number of ether oxygens (including phenoxy) is 4. The van der Waals surface area contributed by atoms with Gasteiger partial charge < -0.3 is 24.1 Å². The number of benzene rings is 2. The molecule has 0 bridgehead atoms. The first-order valence-corrected chi connectivity index (χ1v) is 13.1. The number of carbonyl (C=O) groups is 3. The van der Waals surface area contributed by atoms with E-state index >= 15 is 0 Å². The van der Waals surface area contributed by atoms with Crippen LogP contribution >= 0.6 is 15.9 Å². The van der Waals surface area contributed by atoms with Crippen molar-refractivity contribution in [3.63, 3.8) is 0 Å². The molecule has 4 atom stereocenters. The quantitative estimate of drug-likeness (QED) is 0.114. The Labute approximate surface area is 249 Å². The fourth-order valence-electron chi connectivity index (χ4n) is 4.48. The lowest BCUT2D eigenvalue weighted by molar-refractivity contribution is -0.385. The predicted octanol–water partition coefficient (Wildman–Crippen LogP) is 4.67. The lowest BCUT2D eigenvalue weighted by atomic mass is 10.0. The van der Waals surface area contributed by atoms with E-state index in [4.69, 9.17) is 18.9 Å². The largest absolute Gasteiger partial charge is 0.493 e. The number of hydrogen-bond donors (Lipinski definition) is 1. The van der Waals surface area contributed by atoms with Crippen molar-refractivity contribution in [1.29, 1.82) is 0 Å². The number of halogens is 1. The third-order valence-corrected chi connectivity index (χ3v) is 6.76. The molecular formula is C25H22BrN5O12. The highest BCUT2D eigenvalue weighted by Gasteiger charge is 2.49. The van der Waals surface area contributed by atoms with Crippen LogP contribution in [0.5, 0.6) is 5.88 Å². The van der Waals surface area contributed by atoms with Crippen molar-refractivity contribution in [2.75, 3.05) is 6.61 Å². The van der Waals surface area contributed by atoms with Crippen molar-refractivity contribution in [3.8, 4) is 5.88 Å². The van der Waals surface area contributed by atoms with Crippen LogP contribution in [0, 0.1) is 20.2 Å². The second-order valence-electron chi connectivity index (χ2n) is 9.11. The molecule has 3 aromatic rings. The summed E-state index contributed by atoms with van der Waals surface area (Å²) in [7, 11) is 0. The number of azo groups is 1. The maximum absolute atomic E-state index is 12.1. The van der Waals surface area contributed by atoms with Crippen LogP contribution in [0.15, 0.2) is 51.1 Å². The zero-order chi connectivity index (χ0) is 31.6. The highest BCUT2D eigenvalue weighted by Crippen LogP contribution is 2.47. The van der Waals surface area contributed by atoms with Gasteiger partial charge in [-0.05, 0) is 34.1 Å². The van der Waals surface area contributed by atoms with Gasteiger partial charge in [-0.25, -0.2) is 0 Å². The SMILES string of the molecule is CC(=O)O[C@@H]1[C@@H](OC(C)=O)[C@@H](n2c(O)c(N=Nc3ccc([N+](=O)[O-])cc3)c3cc(Br)c([N+](=O)[O-])cc32)OC[C@H]1OC(C)=O. The minimum Gasteiger partial charge on any atom is -0.493 e. The van der Waals surface area contributed by atoms with Gasteiger partial charge in [0.05, 0.1) is 32.1 Å². The van der Waals surface area contributed by atoms with Crippen molar-refractivity contribution < 1.29 is 48.3 Å². The van der Waals surface area contributed by atoms with Gasteiger partial charge >= 0.3 is 17.9 Å². The monoisotopic (exact) mass is 663 g/mol. The van der Waals surface area contributed by atoms with Crippen LogP contribution in [0.4, 0.5) is 22.7 Å². The van der Waals surface area contributed by atoms with Gasteiger partial charge in [-0.1, -0.05) is 0 Å². The Balaban J connectivity index is 1.91. The molecule has 0 radical (unpaired) electrons. The number of rotatable bonds is 8. The molecule has 2 aromatic carbocycles. The number of nitro groups is 2. The molecule has 1 fully saturated rings. The summed E-state index contributed by atoms with van der Waals surface area (Å²) in [5, 5.41) is 42.4. The Morgan fingerprint density at radius 2 is 1.56 bits per heavy atom. The van der Waals surface area contributed by atoms with E-state index < -0.39 is 70.5 Å². The maximum Gasteiger partial charge on any atom is 0.303 e.